The quantitative estimate of drug-likeness (QED) is 0.440. The Bertz CT molecular complexity index is 1110. The van der Waals surface area contributed by atoms with Crippen LogP contribution in [0.25, 0.3) is 11.3 Å². The van der Waals surface area contributed by atoms with Crippen LogP contribution in [0.1, 0.15) is 78.6 Å². The fraction of sp³-hybridized carbons (Fsp3) is 0.522. The summed E-state index contributed by atoms with van der Waals surface area (Å²) in [5.41, 5.74) is 7.77. The molecule has 3 heterocycles. The summed E-state index contributed by atoms with van der Waals surface area (Å²) >= 11 is 0. The molecule has 3 aromatic rings. The summed E-state index contributed by atoms with van der Waals surface area (Å²) in [5, 5.41) is 9.08. The van der Waals surface area contributed by atoms with Crippen molar-refractivity contribution in [2.24, 2.45) is 0 Å². The first-order chi connectivity index (χ1) is 14.8. The standard InChI is InChI=1S/C23H28N6O/c30-23-17(12-27-29-23)22-19(25-9-10-26-22)11-18-20(13-1-2-13)16(7-8-24-15-5-6-15)21(28-18)14-3-4-14/h9-10,12-15,24,28H,1-8,11H2,(H2,27,29,30). The van der Waals surface area contributed by atoms with E-state index in [4.69, 9.17) is 0 Å². The van der Waals surface area contributed by atoms with Gasteiger partial charge in [0.15, 0.2) is 0 Å². The average Bonchev–Trinajstić information content (AvgIpc) is 3.63. The molecule has 0 amide bonds. The van der Waals surface area contributed by atoms with Crippen molar-refractivity contribution in [3.63, 3.8) is 0 Å². The molecule has 156 valence electrons. The van der Waals surface area contributed by atoms with Crippen molar-refractivity contribution in [1.82, 2.24) is 30.5 Å². The van der Waals surface area contributed by atoms with E-state index in [1.807, 2.05) is 0 Å². The van der Waals surface area contributed by atoms with Crippen molar-refractivity contribution in [2.45, 2.75) is 69.2 Å². The van der Waals surface area contributed by atoms with Crippen LogP contribution < -0.4 is 10.9 Å². The van der Waals surface area contributed by atoms with Gasteiger partial charge in [0.05, 0.1) is 17.0 Å². The summed E-state index contributed by atoms with van der Waals surface area (Å²) in [6, 6.07) is 0.749. The third-order valence-corrected chi connectivity index (χ3v) is 6.64. The fourth-order valence-corrected chi connectivity index (χ4v) is 4.69. The number of hydrogen-bond acceptors (Lipinski definition) is 4. The van der Waals surface area contributed by atoms with E-state index in [0.29, 0.717) is 29.5 Å². The van der Waals surface area contributed by atoms with E-state index < -0.39 is 0 Å². The molecule has 7 heteroatoms. The summed E-state index contributed by atoms with van der Waals surface area (Å²) in [4.78, 5) is 25.1. The molecule has 30 heavy (non-hydrogen) atoms. The normalized spacial score (nSPS) is 18.8. The van der Waals surface area contributed by atoms with Crippen LogP contribution in [0.15, 0.2) is 23.4 Å². The van der Waals surface area contributed by atoms with Gasteiger partial charge in [0.2, 0.25) is 0 Å². The molecule has 3 aromatic heterocycles. The highest BCUT2D eigenvalue weighted by Crippen LogP contribution is 2.49. The largest absolute Gasteiger partial charge is 0.361 e. The molecule has 7 nitrogen and oxygen atoms in total. The third kappa shape index (κ3) is 3.51. The van der Waals surface area contributed by atoms with Gasteiger partial charge in [0, 0.05) is 42.4 Å². The lowest BCUT2D eigenvalue weighted by molar-refractivity contribution is 0.677. The minimum atomic E-state index is -0.156. The lowest BCUT2D eigenvalue weighted by Gasteiger charge is -2.10. The second-order valence-electron chi connectivity index (χ2n) is 9.12. The topological polar surface area (TPSA) is 102 Å². The second-order valence-corrected chi connectivity index (χ2v) is 9.12. The molecular formula is C23H28N6O. The van der Waals surface area contributed by atoms with E-state index in [1.54, 1.807) is 24.2 Å². The van der Waals surface area contributed by atoms with E-state index in [-0.39, 0.29) is 5.56 Å². The van der Waals surface area contributed by atoms with Crippen molar-refractivity contribution in [3.8, 4) is 11.3 Å². The van der Waals surface area contributed by atoms with E-state index >= 15 is 0 Å². The zero-order valence-electron chi connectivity index (χ0n) is 17.1. The van der Waals surface area contributed by atoms with Crippen molar-refractivity contribution < 1.29 is 0 Å². The molecule has 4 N–H and O–H groups in total. The number of aromatic amines is 3. The summed E-state index contributed by atoms with van der Waals surface area (Å²) < 4.78 is 0. The number of H-pyrrole nitrogens is 3. The number of hydrogen-bond donors (Lipinski definition) is 4. The molecule has 0 aromatic carbocycles. The van der Waals surface area contributed by atoms with Crippen molar-refractivity contribution >= 4 is 0 Å². The van der Waals surface area contributed by atoms with Gasteiger partial charge in [-0.15, -0.1) is 0 Å². The van der Waals surface area contributed by atoms with Gasteiger partial charge in [-0.05, 0) is 74.5 Å². The first-order valence-corrected chi connectivity index (χ1v) is 11.3. The van der Waals surface area contributed by atoms with Gasteiger partial charge in [0.1, 0.15) is 0 Å². The fourth-order valence-electron chi connectivity index (χ4n) is 4.69. The van der Waals surface area contributed by atoms with Crippen molar-refractivity contribution in [3.05, 3.63) is 57.2 Å². The predicted molar refractivity (Wildman–Crippen MR) is 115 cm³/mol. The second kappa shape index (κ2) is 7.23. The Labute approximate surface area is 175 Å². The van der Waals surface area contributed by atoms with Gasteiger partial charge in [-0.2, -0.15) is 0 Å². The minimum Gasteiger partial charge on any atom is -0.361 e. The molecule has 0 radical (unpaired) electrons. The average molecular weight is 405 g/mol. The molecule has 0 atom stereocenters. The summed E-state index contributed by atoms with van der Waals surface area (Å²) in [7, 11) is 0. The lowest BCUT2D eigenvalue weighted by atomic mass is 9.97. The van der Waals surface area contributed by atoms with Crippen LogP contribution in [-0.2, 0) is 12.8 Å². The lowest BCUT2D eigenvalue weighted by Crippen LogP contribution is -2.20. The van der Waals surface area contributed by atoms with E-state index in [2.05, 4.69) is 30.5 Å². The molecule has 0 unspecified atom stereocenters. The number of nitrogens with zero attached hydrogens (tertiary/aromatic N) is 2. The van der Waals surface area contributed by atoms with Gasteiger partial charge in [-0.25, -0.2) is 0 Å². The number of nitrogens with one attached hydrogen (secondary N) is 4. The highest BCUT2D eigenvalue weighted by atomic mass is 16.1. The Balaban J connectivity index is 1.36. The molecule has 0 saturated heterocycles. The Morgan fingerprint density at radius 1 is 1.03 bits per heavy atom. The van der Waals surface area contributed by atoms with Gasteiger partial charge < -0.3 is 15.4 Å². The van der Waals surface area contributed by atoms with E-state index in [1.165, 1.54) is 55.5 Å². The van der Waals surface area contributed by atoms with E-state index in [9.17, 15) is 4.79 Å². The van der Waals surface area contributed by atoms with Gasteiger partial charge >= 0.3 is 0 Å². The number of rotatable bonds is 9. The molecule has 3 aliphatic rings. The molecule has 0 spiro atoms. The first kappa shape index (κ1) is 18.1. The first-order valence-electron chi connectivity index (χ1n) is 11.3. The third-order valence-electron chi connectivity index (χ3n) is 6.64. The van der Waals surface area contributed by atoms with Crippen LogP contribution in [0, 0.1) is 0 Å². The van der Waals surface area contributed by atoms with Crippen molar-refractivity contribution in [1.29, 1.82) is 0 Å². The highest BCUT2D eigenvalue weighted by molar-refractivity contribution is 5.60. The maximum Gasteiger partial charge on any atom is 0.273 e. The molecule has 6 rings (SSSR count). The molecule has 3 fully saturated rings. The monoisotopic (exact) mass is 404 g/mol. The number of aromatic nitrogens is 5. The Hall–Kier alpha value is -2.67. The highest BCUT2D eigenvalue weighted by Gasteiger charge is 2.36. The molecule has 0 bridgehead atoms. The minimum absolute atomic E-state index is 0.156. The predicted octanol–water partition coefficient (Wildman–Crippen LogP) is 3.13. The summed E-state index contributed by atoms with van der Waals surface area (Å²) in [6.45, 7) is 1.07. The van der Waals surface area contributed by atoms with Crippen LogP contribution in [0.3, 0.4) is 0 Å². The smallest absolute Gasteiger partial charge is 0.273 e. The summed E-state index contributed by atoms with van der Waals surface area (Å²) in [5.74, 6) is 1.37. The van der Waals surface area contributed by atoms with Crippen LogP contribution >= 0.6 is 0 Å². The van der Waals surface area contributed by atoms with Crippen LogP contribution in [0.5, 0.6) is 0 Å². The maximum atomic E-state index is 12.2. The molecular weight excluding hydrogens is 376 g/mol. The molecule has 3 aliphatic carbocycles. The maximum absolute atomic E-state index is 12.2. The van der Waals surface area contributed by atoms with Crippen LogP contribution in [0.2, 0.25) is 0 Å². The zero-order chi connectivity index (χ0) is 20.1. The Kier molecular flexibility index (Phi) is 4.37. The molecule has 0 aliphatic heterocycles. The van der Waals surface area contributed by atoms with Gasteiger partial charge in [-0.3, -0.25) is 19.9 Å². The van der Waals surface area contributed by atoms with E-state index in [0.717, 1.165) is 24.7 Å². The van der Waals surface area contributed by atoms with Crippen molar-refractivity contribution in [2.75, 3.05) is 6.54 Å². The van der Waals surface area contributed by atoms with Gasteiger partial charge in [-0.1, -0.05) is 0 Å². The Morgan fingerprint density at radius 3 is 2.53 bits per heavy atom. The Morgan fingerprint density at radius 2 is 1.83 bits per heavy atom. The molecule has 3 saturated carbocycles. The zero-order valence-corrected chi connectivity index (χ0v) is 17.1. The SMILES string of the molecule is O=c1[nH][nH]cc1-c1nccnc1Cc1[nH]c(C2CC2)c(CCNC2CC2)c1C1CC1. The summed E-state index contributed by atoms with van der Waals surface area (Å²) in [6.07, 6.45) is 14.7. The van der Waals surface area contributed by atoms with Crippen LogP contribution in [-0.4, -0.2) is 37.7 Å². The van der Waals surface area contributed by atoms with Gasteiger partial charge in [0.25, 0.3) is 5.56 Å². The van der Waals surface area contributed by atoms with Crippen LogP contribution in [0.4, 0.5) is 0 Å².